The molecule has 11 heteroatoms. The lowest BCUT2D eigenvalue weighted by Gasteiger charge is -2.18. The van der Waals surface area contributed by atoms with Crippen LogP contribution in [0.4, 0.5) is 0 Å². The van der Waals surface area contributed by atoms with E-state index in [1.165, 1.54) is 4.31 Å². The van der Waals surface area contributed by atoms with E-state index < -0.39 is 19.9 Å². The Morgan fingerprint density at radius 1 is 1.09 bits per heavy atom. The molecule has 2 rings (SSSR count). The number of nitrogens with zero attached hydrogens (tertiary/aromatic N) is 3. The smallest absolute Gasteiger partial charge is 0.243 e. The number of carbonyl (C=O) groups excluding carboxylic acids is 1. The minimum absolute atomic E-state index is 0.0515. The Morgan fingerprint density at radius 2 is 1.78 bits per heavy atom. The Morgan fingerprint density at radius 3 is 2.38 bits per heavy atom. The van der Waals surface area contributed by atoms with Gasteiger partial charge in [-0.1, -0.05) is 27.7 Å². The van der Waals surface area contributed by atoms with Crippen molar-refractivity contribution in [1.29, 1.82) is 0 Å². The van der Waals surface area contributed by atoms with E-state index in [4.69, 9.17) is 0 Å². The number of rotatable bonds is 13. The maximum atomic E-state index is 12.9. The zero-order chi connectivity index (χ0) is 23.9. The largest absolute Gasteiger partial charge is 0.355 e. The monoisotopic (exact) mass is 486 g/mol. The molecule has 180 valence electrons. The molecule has 2 aromatic rings. The number of sulfone groups is 1. The lowest BCUT2D eigenvalue weighted by Crippen LogP contribution is -2.30. The highest BCUT2D eigenvalue weighted by Gasteiger charge is 2.23. The van der Waals surface area contributed by atoms with Crippen molar-refractivity contribution in [3.05, 3.63) is 24.0 Å². The number of hydrogen-bond donors (Lipinski definition) is 1. The van der Waals surface area contributed by atoms with Crippen LogP contribution in [0.15, 0.2) is 23.1 Å². The highest BCUT2D eigenvalue weighted by molar-refractivity contribution is 7.91. The number of aryl methyl sites for hydroxylation is 2. The Balaban J connectivity index is 2.21. The van der Waals surface area contributed by atoms with Gasteiger partial charge < -0.3 is 9.88 Å². The van der Waals surface area contributed by atoms with Gasteiger partial charge in [-0.2, -0.15) is 4.31 Å². The van der Waals surface area contributed by atoms with E-state index in [1.807, 2.05) is 11.5 Å². The normalized spacial score (nSPS) is 12.5. The van der Waals surface area contributed by atoms with Crippen LogP contribution in [0.5, 0.6) is 0 Å². The molecule has 0 bridgehead atoms. The second-order valence-electron chi connectivity index (χ2n) is 7.51. The van der Waals surface area contributed by atoms with Crippen molar-refractivity contribution in [2.75, 3.05) is 31.1 Å². The van der Waals surface area contributed by atoms with Crippen LogP contribution in [0, 0.1) is 0 Å². The van der Waals surface area contributed by atoms with Crippen molar-refractivity contribution in [2.24, 2.45) is 0 Å². The summed E-state index contributed by atoms with van der Waals surface area (Å²) in [5.74, 6) is 0.440. The van der Waals surface area contributed by atoms with Crippen molar-refractivity contribution in [2.45, 2.75) is 58.4 Å². The first kappa shape index (κ1) is 26.3. The number of carbonyl (C=O) groups is 1. The molecule has 0 unspecified atom stereocenters. The lowest BCUT2D eigenvalue weighted by molar-refractivity contribution is -0.120. The minimum Gasteiger partial charge on any atom is -0.355 e. The highest BCUT2D eigenvalue weighted by atomic mass is 32.2. The van der Waals surface area contributed by atoms with Crippen LogP contribution >= 0.6 is 0 Å². The molecular weight excluding hydrogens is 452 g/mol. The fraction of sp³-hybridized carbons (Fsp3) is 0.619. The van der Waals surface area contributed by atoms with Gasteiger partial charge >= 0.3 is 0 Å². The van der Waals surface area contributed by atoms with Crippen molar-refractivity contribution in [3.63, 3.8) is 0 Å². The van der Waals surface area contributed by atoms with E-state index in [0.717, 1.165) is 11.9 Å². The van der Waals surface area contributed by atoms with Gasteiger partial charge in [-0.15, -0.1) is 0 Å². The topological polar surface area (TPSA) is 118 Å². The zero-order valence-corrected chi connectivity index (χ0v) is 20.9. The molecule has 0 aliphatic carbocycles. The van der Waals surface area contributed by atoms with Gasteiger partial charge in [-0.3, -0.25) is 4.79 Å². The number of nitrogens with one attached hydrogen (secondary N) is 1. The third-order valence-electron chi connectivity index (χ3n) is 5.34. The van der Waals surface area contributed by atoms with Crippen molar-refractivity contribution in [1.82, 2.24) is 19.2 Å². The van der Waals surface area contributed by atoms with Crippen LogP contribution in [0.3, 0.4) is 0 Å². The molecule has 0 radical (unpaired) electrons. The molecule has 0 atom stereocenters. The van der Waals surface area contributed by atoms with E-state index in [0.29, 0.717) is 37.4 Å². The molecule has 0 aliphatic heterocycles. The summed E-state index contributed by atoms with van der Waals surface area (Å²) in [7, 11) is -6.71. The molecule has 1 N–H and O–H groups in total. The second-order valence-corrected chi connectivity index (χ2v) is 11.9. The maximum Gasteiger partial charge on any atom is 0.243 e. The summed E-state index contributed by atoms with van der Waals surface area (Å²) in [6.45, 7) is 8.79. The molecule has 1 aromatic heterocycles. The molecule has 0 aliphatic rings. The van der Waals surface area contributed by atoms with E-state index in [9.17, 15) is 21.6 Å². The molecule has 9 nitrogen and oxygen atoms in total. The average Bonchev–Trinajstić information content (AvgIpc) is 3.10. The van der Waals surface area contributed by atoms with Gasteiger partial charge in [0.2, 0.25) is 15.9 Å². The minimum atomic E-state index is -3.59. The Hall–Kier alpha value is -1.98. The standard InChI is InChI=1S/C21H34N4O5S2/c1-5-14-25-19-10-9-17(32(29,30)24(6-2)7-3)16-18(19)23-20(25)11-12-21(26)22-13-15-31(27,28)8-4/h9-10,16H,5-8,11-15H2,1-4H3,(H,22,26). The number of sulfonamides is 1. The number of amides is 1. The van der Waals surface area contributed by atoms with Gasteiger partial charge in [-0.05, 0) is 24.6 Å². The van der Waals surface area contributed by atoms with Crippen molar-refractivity contribution in [3.8, 4) is 0 Å². The molecule has 0 fully saturated rings. The predicted molar refractivity (Wildman–Crippen MR) is 126 cm³/mol. The van der Waals surface area contributed by atoms with Gasteiger partial charge in [0.15, 0.2) is 9.84 Å². The Bertz CT molecular complexity index is 1140. The quantitative estimate of drug-likeness (QED) is 0.462. The molecule has 1 aromatic carbocycles. The summed E-state index contributed by atoms with van der Waals surface area (Å²) in [6, 6.07) is 4.97. The van der Waals surface area contributed by atoms with Gasteiger partial charge in [0, 0.05) is 44.8 Å². The third-order valence-corrected chi connectivity index (χ3v) is 9.09. The van der Waals surface area contributed by atoms with E-state index in [2.05, 4.69) is 10.3 Å². The summed E-state index contributed by atoms with van der Waals surface area (Å²) in [6.07, 6.45) is 1.40. The molecule has 32 heavy (non-hydrogen) atoms. The fourth-order valence-electron chi connectivity index (χ4n) is 3.50. The van der Waals surface area contributed by atoms with E-state index in [1.54, 1.807) is 39.0 Å². The fourth-order valence-corrected chi connectivity index (χ4v) is 5.68. The highest BCUT2D eigenvalue weighted by Crippen LogP contribution is 2.24. The van der Waals surface area contributed by atoms with Crippen LogP contribution in [0.2, 0.25) is 0 Å². The van der Waals surface area contributed by atoms with E-state index >= 15 is 0 Å². The van der Waals surface area contributed by atoms with Gasteiger partial charge in [0.05, 0.1) is 21.7 Å². The summed E-state index contributed by atoms with van der Waals surface area (Å²) >= 11 is 0. The molecule has 1 amide bonds. The molecule has 0 spiro atoms. The summed E-state index contributed by atoms with van der Waals surface area (Å²) in [5, 5.41) is 2.64. The lowest BCUT2D eigenvalue weighted by atomic mass is 10.2. The first-order valence-electron chi connectivity index (χ1n) is 11.1. The molecule has 0 saturated carbocycles. The number of benzene rings is 1. The second kappa shape index (κ2) is 11.2. The Labute approximate surface area is 191 Å². The summed E-state index contributed by atoms with van der Waals surface area (Å²) in [4.78, 5) is 17.0. The Kier molecular flexibility index (Phi) is 9.23. The summed E-state index contributed by atoms with van der Waals surface area (Å²) < 4.78 is 52.2. The first-order valence-corrected chi connectivity index (χ1v) is 14.3. The zero-order valence-electron chi connectivity index (χ0n) is 19.3. The number of fused-ring (bicyclic) bond motifs is 1. The molecular formula is C21H34N4O5S2. The van der Waals surface area contributed by atoms with Gasteiger partial charge in [-0.25, -0.2) is 21.8 Å². The van der Waals surface area contributed by atoms with Crippen LogP contribution in [-0.4, -0.2) is 67.7 Å². The van der Waals surface area contributed by atoms with Crippen LogP contribution in [-0.2, 0) is 37.6 Å². The van der Waals surface area contributed by atoms with Crippen molar-refractivity contribution >= 4 is 36.8 Å². The average molecular weight is 487 g/mol. The van der Waals surface area contributed by atoms with Crippen LogP contribution in [0.25, 0.3) is 11.0 Å². The SMILES string of the molecule is CCCn1c(CCC(=O)NCCS(=O)(=O)CC)nc2cc(S(=O)(=O)N(CC)CC)ccc21. The molecule has 1 heterocycles. The van der Waals surface area contributed by atoms with Gasteiger partial charge in [0.1, 0.15) is 5.82 Å². The van der Waals surface area contributed by atoms with E-state index in [-0.39, 0.29) is 35.3 Å². The number of aromatic nitrogens is 2. The first-order chi connectivity index (χ1) is 15.1. The third kappa shape index (κ3) is 6.29. The van der Waals surface area contributed by atoms with Crippen LogP contribution in [0.1, 0.15) is 46.4 Å². The summed E-state index contributed by atoms with van der Waals surface area (Å²) in [5.41, 5.74) is 1.41. The molecule has 0 saturated heterocycles. The van der Waals surface area contributed by atoms with Crippen LogP contribution < -0.4 is 5.32 Å². The van der Waals surface area contributed by atoms with Gasteiger partial charge in [0.25, 0.3) is 0 Å². The number of hydrogen-bond acceptors (Lipinski definition) is 6. The predicted octanol–water partition coefficient (Wildman–Crippen LogP) is 1.96. The maximum absolute atomic E-state index is 12.9. The van der Waals surface area contributed by atoms with Crippen molar-refractivity contribution < 1.29 is 21.6 Å². The number of imidazole rings is 1.